The second kappa shape index (κ2) is 7.81. The third kappa shape index (κ3) is 3.30. The summed E-state index contributed by atoms with van der Waals surface area (Å²) >= 11 is 1.29. The fraction of sp³-hybridized carbons (Fsp3) is 0.0870. The molecule has 0 atom stereocenters. The van der Waals surface area contributed by atoms with E-state index in [1.807, 2.05) is 47.9 Å². The normalized spacial score (nSPS) is 13.0. The van der Waals surface area contributed by atoms with Crippen LogP contribution in [0.25, 0.3) is 17.1 Å². The Balaban J connectivity index is 1.51. The maximum absolute atomic E-state index is 12.7. The molecule has 0 aliphatic carbocycles. The van der Waals surface area contributed by atoms with Gasteiger partial charge in [0.15, 0.2) is 11.0 Å². The van der Waals surface area contributed by atoms with E-state index in [0.717, 1.165) is 16.8 Å². The first-order valence-corrected chi connectivity index (χ1v) is 10.6. The summed E-state index contributed by atoms with van der Waals surface area (Å²) < 4.78 is 1.94. The van der Waals surface area contributed by atoms with E-state index in [-0.39, 0.29) is 17.7 Å². The molecule has 8 heteroatoms. The number of carbonyl (C=O) groups is 2. The SMILES string of the molecule is Cc1ccccc1-n1c(SCN2C(=O)c3ccccc3C2=O)nnc1-c1cccnc1. The van der Waals surface area contributed by atoms with Crippen molar-refractivity contribution in [3.63, 3.8) is 0 Å². The molecule has 3 heterocycles. The third-order valence-electron chi connectivity index (χ3n) is 5.11. The van der Waals surface area contributed by atoms with E-state index in [1.165, 1.54) is 16.7 Å². The molecule has 5 rings (SSSR count). The van der Waals surface area contributed by atoms with Crippen molar-refractivity contribution < 1.29 is 9.59 Å². The number of carbonyl (C=O) groups excluding carboxylic acids is 2. The Bertz CT molecular complexity index is 1270. The first kappa shape index (κ1) is 19.2. The van der Waals surface area contributed by atoms with Gasteiger partial charge in [0, 0.05) is 18.0 Å². The van der Waals surface area contributed by atoms with Gasteiger partial charge >= 0.3 is 0 Å². The molecule has 2 aromatic heterocycles. The van der Waals surface area contributed by atoms with Gasteiger partial charge in [-0.25, -0.2) is 0 Å². The molecule has 0 N–H and O–H groups in total. The Kier molecular flexibility index (Phi) is 4.83. The summed E-state index contributed by atoms with van der Waals surface area (Å²) in [7, 11) is 0. The van der Waals surface area contributed by atoms with Gasteiger partial charge in [-0.05, 0) is 42.8 Å². The number of aryl methyl sites for hydroxylation is 1. The number of amides is 2. The molecule has 7 nitrogen and oxygen atoms in total. The summed E-state index contributed by atoms with van der Waals surface area (Å²) in [6.45, 7) is 2.01. The Morgan fingerprint density at radius 2 is 1.58 bits per heavy atom. The summed E-state index contributed by atoms with van der Waals surface area (Å²) in [6, 6.07) is 18.6. The summed E-state index contributed by atoms with van der Waals surface area (Å²) in [5, 5.41) is 9.35. The highest BCUT2D eigenvalue weighted by atomic mass is 32.2. The molecule has 1 aliphatic rings. The van der Waals surface area contributed by atoms with Crippen LogP contribution in [0.5, 0.6) is 0 Å². The monoisotopic (exact) mass is 427 g/mol. The molecule has 0 radical (unpaired) electrons. The molecule has 152 valence electrons. The molecular formula is C23H17N5O2S. The summed E-state index contributed by atoms with van der Waals surface area (Å²) in [5.74, 6) is 0.209. The number of rotatable bonds is 5. The van der Waals surface area contributed by atoms with Crippen molar-refractivity contribution in [2.75, 3.05) is 5.88 Å². The third-order valence-corrected chi connectivity index (χ3v) is 6.02. The van der Waals surface area contributed by atoms with Crippen LogP contribution in [0.4, 0.5) is 0 Å². The van der Waals surface area contributed by atoms with Crippen LogP contribution in [0.1, 0.15) is 26.3 Å². The fourth-order valence-corrected chi connectivity index (χ4v) is 4.45. The molecule has 31 heavy (non-hydrogen) atoms. The highest BCUT2D eigenvalue weighted by Gasteiger charge is 2.35. The topological polar surface area (TPSA) is 81.0 Å². The van der Waals surface area contributed by atoms with E-state index in [2.05, 4.69) is 15.2 Å². The van der Waals surface area contributed by atoms with Crippen LogP contribution in [-0.2, 0) is 0 Å². The van der Waals surface area contributed by atoms with Crippen LogP contribution >= 0.6 is 11.8 Å². The smallest absolute Gasteiger partial charge is 0.262 e. The number of hydrogen-bond donors (Lipinski definition) is 0. The van der Waals surface area contributed by atoms with E-state index < -0.39 is 0 Å². The Labute approximate surface area is 182 Å². The van der Waals surface area contributed by atoms with Crippen LogP contribution in [0.2, 0.25) is 0 Å². The Hall–Kier alpha value is -3.78. The quantitative estimate of drug-likeness (QED) is 0.354. The number of aromatic nitrogens is 4. The van der Waals surface area contributed by atoms with Gasteiger partial charge in [0.05, 0.1) is 22.7 Å². The summed E-state index contributed by atoms with van der Waals surface area (Å²) in [6.07, 6.45) is 3.44. The minimum Gasteiger partial charge on any atom is -0.270 e. The van der Waals surface area contributed by atoms with Crippen molar-refractivity contribution in [1.82, 2.24) is 24.6 Å². The molecular weight excluding hydrogens is 410 g/mol. The minimum atomic E-state index is -0.289. The van der Waals surface area contributed by atoms with Gasteiger partial charge < -0.3 is 0 Å². The molecule has 0 fully saturated rings. The van der Waals surface area contributed by atoms with Crippen molar-refractivity contribution in [2.24, 2.45) is 0 Å². The van der Waals surface area contributed by atoms with Gasteiger partial charge in [-0.1, -0.05) is 42.1 Å². The van der Waals surface area contributed by atoms with Crippen molar-refractivity contribution in [3.05, 3.63) is 89.7 Å². The maximum atomic E-state index is 12.7. The number of imide groups is 1. The van der Waals surface area contributed by atoms with Gasteiger partial charge in [0.25, 0.3) is 11.8 Å². The predicted octanol–water partition coefficient (Wildman–Crippen LogP) is 3.98. The van der Waals surface area contributed by atoms with Gasteiger partial charge in [-0.3, -0.25) is 24.0 Å². The first-order chi connectivity index (χ1) is 15.1. The second-order valence-electron chi connectivity index (χ2n) is 7.03. The highest BCUT2D eigenvalue weighted by Crippen LogP contribution is 2.31. The standard InChI is InChI=1S/C23H17N5O2S/c1-15-7-2-5-11-19(15)28-20(16-8-6-12-24-13-16)25-26-23(28)31-14-27-21(29)17-9-3-4-10-18(17)22(27)30/h2-13H,14H2,1H3. The minimum absolute atomic E-state index is 0.142. The Morgan fingerprint density at radius 1 is 0.871 bits per heavy atom. The first-order valence-electron chi connectivity index (χ1n) is 9.65. The van der Waals surface area contributed by atoms with Crippen LogP contribution in [0.15, 0.2) is 78.2 Å². The van der Waals surface area contributed by atoms with Crippen molar-refractivity contribution in [1.29, 1.82) is 0 Å². The molecule has 2 amide bonds. The lowest BCUT2D eigenvalue weighted by Crippen LogP contribution is -2.29. The van der Waals surface area contributed by atoms with Crippen LogP contribution < -0.4 is 0 Å². The summed E-state index contributed by atoms with van der Waals surface area (Å²) in [4.78, 5) is 30.8. The van der Waals surface area contributed by atoms with E-state index in [0.29, 0.717) is 22.1 Å². The fourth-order valence-electron chi connectivity index (χ4n) is 3.56. The number of hydrogen-bond acceptors (Lipinski definition) is 6. The van der Waals surface area contributed by atoms with Gasteiger partial charge in [0.1, 0.15) is 0 Å². The number of para-hydroxylation sites is 1. The van der Waals surface area contributed by atoms with E-state index >= 15 is 0 Å². The van der Waals surface area contributed by atoms with E-state index in [4.69, 9.17) is 0 Å². The number of thioether (sulfide) groups is 1. The van der Waals surface area contributed by atoms with Crippen molar-refractivity contribution in [3.8, 4) is 17.1 Å². The largest absolute Gasteiger partial charge is 0.270 e. The van der Waals surface area contributed by atoms with Crippen LogP contribution in [-0.4, -0.2) is 42.3 Å². The van der Waals surface area contributed by atoms with Gasteiger partial charge in [0.2, 0.25) is 0 Å². The number of pyridine rings is 1. The van der Waals surface area contributed by atoms with E-state index in [9.17, 15) is 9.59 Å². The lowest BCUT2D eigenvalue weighted by molar-refractivity contribution is 0.0684. The zero-order chi connectivity index (χ0) is 21.4. The molecule has 1 aliphatic heterocycles. The van der Waals surface area contributed by atoms with E-state index in [1.54, 1.807) is 36.7 Å². The zero-order valence-electron chi connectivity index (χ0n) is 16.6. The van der Waals surface area contributed by atoms with Crippen LogP contribution in [0.3, 0.4) is 0 Å². The number of nitrogens with zero attached hydrogens (tertiary/aromatic N) is 5. The highest BCUT2D eigenvalue weighted by molar-refractivity contribution is 7.99. The van der Waals surface area contributed by atoms with Gasteiger partial charge in [-0.2, -0.15) is 0 Å². The number of fused-ring (bicyclic) bond motifs is 1. The lowest BCUT2D eigenvalue weighted by Gasteiger charge is -2.15. The number of benzene rings is 2. The zero-order valence-corrected chi connectivity index (χ0v) is 17.4. The van der Waals surface area contributed by atoms with Crippen LogP contribution in [0, 0.1) is 6.92 Å². The predicted molar refractivity (Wildman–Crippen MR) is 117 cm³/mol. The molecule has 2 aromatic carbocycles. The second-order valence-corrected chi connectivity index (χ2v) is 7.94. The molecule has 4 aromatic rings. The molecule has 0 unspecified atom stereocenters. The Morgan fingerprint density at radius 3 is 2.26 bits per heavy atom. The molecule has 0 saturated heterocycles. The summed E-state index contributed by atoms with van der Waals surface area (Å²) in [5.41, 5.74) is 3.67. The average molecular weight is 427 g/mol. The average Bonchev–Trinajstić information content (AvgIpc) is 3.33. The van der Waals surface area contributed by atoms with Crippen molar-refractivity contribution in [2.45, 2.75) is 12.1 Å². The van der Waals surface area contributed by atoms with Crippen molar-refractivity contribution >= 4 is 23.6 Å². The lowest BCUT2D eigenvalue weighted by atomic mass is 10.1. The molecule has 0 saturated carbocycles. The van der Waals surface area contributed by atoms with Gasteiger partial charge in [-0.15, -0.1) is 10.2 Å². The maximum Gasteiger partial charge on any atom is 0.262 e. The molecule has 0 bridgehead atoms. The molecule has 0 spiro atoms.